The maximum atomic E-state index is 12.7. The van der Waals surface area contributed by atoms with Crippen LogP contribution in [0, 0.1) is 0 Å². The molecule has 0 fully saturated rings. The van der Waals surface area contributed by atoms with Crippen LogP contribution in [0.2, 0.25) is 0 Å². The van der Waals surface area contributed by atoms with Crippen molar-refractivity contribution in [2.45, 2.75) is 154 Å². The van der Waals surface area contributed by atoms with Gasteiger partial charge in [-0.15, -0.1) is 0 Å². The zero-order valence-electron chi connectivity index (χ0n) is 34.9. The number of allylic oxidation sites excluding steroid dienone is 13. The molecular weight excluding hydrogens is 695 g/mol. The van der Waals surface area contributed by atoms with Crippen molar-refractivity contribution < 1.29 is 32.9 Å². The van der Waals surface area contributed by atoms with Gasteiger partial charge in [0.1, 0.15) is 13.2 Å². The van der Waals surface area contributed by atoms with Crippen LogP contribution in [0.1, 0.15) is 142 Å². The van der Waals surface area contributed by atoms with Crippen LogP contribution in [0.5, 0.6) is 0 Å². The van der Waals surface area contributed by atoms with E-state index in [1.165, 1.54) is 25.7 Å². The second-order valence-corrected chi connectivity index (χ2v) is 16.4. The normalized spacial score (nSPS) is 15.3. The predicted octanol–water partition coefficient (Wildman–Crippen LogP) is 10.8. The molecule has 54 heavy (non-hydrogen) atoms. The second kappa shape index (κ2) is 36.3. The number of phosphoric ester groups is 1. The SMILES string of the molecule is CC/C=C\C/C=C\C/C=C\C/C=C\C/C=C\C/C=C\CCCCCCCCCCC(=O)NC(COP(=O)([O-])OCC[N+](C)(C)C)C(O)/C=C/CCCCC. The summed E-state index contributed by atoms with van der Waals surface area (Å²) in [5.41, 5.74) is 0. The summed E-state index contributed by atoms with van der Waals surface area (Å²) in [6, 6.07) is -0.892. The van der Waals surface area contributed by atoms with E-state index in [0.29, 0.717) is 17.4 Å². The highest BCUT2D eigenvalue weighted by molar-refractivity contribution is 7.45. The minimum atomic E-state index is -4.58. The molecule has 0 aromatic heterocycles. The Hall–Kier alpha value is -2.32. The molecule has 310 valence electrons. The van der Waals surface area contributed by atoms with Gasteiger partial charge in [0.25, 0.3) is 7.82 Å². The number of carbonyl (C=O) groups excluding carboxylic acids is 1. The van der Waals surface area contributed by atoms with Gasteiger partial charge in [-0.2, -0.15) is 0 Å². The standard InChI is InChI=1S/C45H79N2O6P/c1-6-8-10-12-13-14-15-16-17-18-19-20-21-22-23-24-25-26-27-28-29-30-31-32-33-35-37-39-45(49)46-43(44(48)38-36-34-11-9-7-2)42-53-54(50,51)52-41-40-47(3,4)5/h8,10,13-14,16-17,19-20,22-23,25-26,36,38,43-44,48H,6-7,9,11-12,15,18,21,24,27-35,37,39-42H2,1-5H3,(H-,46,49,50,51)/b10-8-,14-13-,17-16-,20-19-,23-22-,26-25-,38-36+. The van der Waals surface area contributed by atoms with Crippen molar-refractivity contribution in [2.75, 3.05) is 40.9 Å². The van der Waals surface area contributed by atoms with Gasteiger partial charge in [0.05, 0.1) is 39.9 Å². The monoisotopic (exact) mass is 775 g/mol. The molecule has 0 aliphatic rings. The molecule has 1 amide bonds. The largest absolute Gasteiger partial charge is 0.756 e. The molecule has 2 N–H and O–H groups in total. The summed E-state index contributed by atoms with van der Waals surface area (Å²) in [5.74, 6) is -0.219. The van der Waals surface area contributed by atoms with Gasteiger partial charge in [0.2, 0.25) is 5.91 Å². The van der Waals surface area contributed by atoms with Gasteiger partial charge in [-0.25, -0.2) is 0 Å². The third kappa shape index (κ3) is 38.0. The Bertz CT molecular complexity index is 1150. The Morgan fingerprint density at radius 3 is 1.65 bits per heavy atom. The third-order valence-electron chi connectivity index (χ3n) is 8.61. The first-order valence-electron chi connectivity index (χ1n) is 20.9. The Morgan fingerprint density at radius 2 is 1.13 bits per heavy atom. The zero-order chi connectivity index (χ0) is 40.0. The number of quaternary nitrogens is 1. The first kappa shape index (κ1) is 51.7. The number of hydrogen-bond donors (Lipinski definition) is 2. The number of carbonyl (C=O) groups is 1. The fourth-order valence-corrected chi connectivity index (χ4v) is 5.99. The maximum Gasteiger partial charge on any atom is 0.268 e. The van der Waals surface area contributed by atoms with Crippen molar-refractivity contribution in [3.05, 3.63) is 85.1 Å². The lowest BCUT2D eigenvalue weighted by Gasteiger charge is -2.29. The minimum Gasteiger partial charge on any atom is -0.756 e. The molecule has 3 atom stereocenters. The summed E-state index contributed by atoms with van der Waals surface area (Å²) >= 11 is 0. The van der Waals surface area contributed by atoms with Crippen molar-refractivity contribution in [3.8, 4) is 0 Å². The molecule has 0 aromatic carbocycles. The van der Waals surface area contributed by atoms with Crippen molar-refractivity contribution in [1.29, 1.82) is 0 Å². The van der Waals surface area contributed by atoms with Crippen molar-refractivity contribution in [2.24, 2.45) is 0 Å². The first-order chi connectivity index (χ1) is 26.0. The van der Waals surface area contributed by atoms with E-state index >= 15 is 0 Å². The summed E-state index contributed by atoms with van der Waals surface area (Å²) in [7, 11) is 1.23. The van der Waals surface area contributed by atoms with Crippen LogP contribution in [-0.4, -0.2) is 68.5 Å². The molecule has 9 heteroatoms. The Morgan fingerprint density at radius 1 is 0.667 bits per heavy atom. The van der Waals surface area contributed by atoms with E-state index < -0.39 is 26.6 Å². The molecule has 0 aliphatic carbocycles. The zero-order valence-corrected chi connectivity index (χ0v) is 35.8. The Labute approximate surface area is 331 Å². The molecule has 0 radical (unpaired) electrons. The van der Waals surface area contributed by atoms with Gasteiger partial charge in [-0.05, 0) is 70.6 Å². The van der Waals surface area contributed by atoms with E-state index in [0.717, 1.165) is 96.3 Å². The molecular formula is C45H79N2O6P. The lowest BCUT2D eigenvalue weighted by molar-refractivity contribution is -0.870. The molecule has 3 unspecified atom stereocenters. The van der Waals surface area contributed by atoms with E-state index in [2.05, 4.69) is 92.1 Å². The number of aliphatic hydroxyl groups excluding tert-OH is 1. The van der Waals surface area contributed by atoms with Crippen LogP contribution >= 0.6 is 7.82 Å². The Balaban J connectivity index is 4.11. The topological polar surface area (TPSA) is 108 Å². The lowest BCUT2D eigenvalue weighted by Crippen LogP contribution is -2.45. The van der Waals surface area contributed by atoms with E-state index in [1.807, 2.05) is 27.2 Å². The van der Waals surface area contributed by atoms with Gasteiger partial charge >= 0.3 is 0 Å². The van der Waals surface area contributed by atoms with Crippen LogP contribution in [0.3, 0.4) is 0 Å². The third-order valence-corrected chi connectivity index (χ3v) is 9.58. The van der Waals surface area contributed by atoms with Crippen LogP contribution in [0.4, 0.5) is 0 Å². The number of aliphatic hydroxyl groups is 1. The number of likely N-dealkylation sites (N-methyl/N-ethyl adjacent to an activating group) is 1. The van der Waals surface area contributed by atoms with Crippen LogP contribution < -0.4 is 10.2 Å². The van der Waals surface area contributed by atoms with E-state index in [9.17, 15) is 19.4 Å². The van der Waals surface area contributed by atoms with E-state index in [-0.39, 0.29) is 12.5 Å². The average molecular weight is 775 g/mol. The number of nitrogens with zero attached hydrogens (tertiary/aromatic N) is 1. The minimum absolute atomic E-state index is 0.00842. The summed E-state index contributed by atoms with van der Waals surface area (Å²) in [6.45, 7) is 4.37. The highest BCUT2D eigenvalue weighted by Gasteiger charge is 2.23. The summed E-state index contributed by atoms with van der Waals surface area (Å²) in [4.78, 5) is 25.0. The van der Waals surface area contributed by atoms with Gasteiger partial charge in [-0.1, -0.05) is 150 Å². The first-order valence-corrected chi connectivity index (χ1v) is 22.4. The molecule has 0 saturated heterocycles. The second-order valence-electron chi connectivity index (χ2n) is 15.0. The fourth-order valence-electron chi connectivity index (χ4n) is 5.27. The highest BCUT2D eigenvalue weighted by atomic mass is 31.2. The number of phosphoric acid groups is 1. The van der Waals surface area contributed by atoms with Crippen molar-refractivity contribution in [1.82, 2.24) is 5.32 Å². The van der Waals surface area contributed by atoms with E-state index in [1.54, 1.807) is 6.08 Å². The number of unbranched alkanes of at least 4 members (excludes halogenated alkanes) is 11. The van der Waals surface area contributed by atoms with Crippen molar-refractivity contribution in [3.63, 3.8) is 0 Å². The molecule has 0 bridgehead atoms. The molecule has 0 rings (SSSR count). The number of rotatable bonds is 36. The van der Waals surface area contributed by atoms with Crippen LogP contribution in [0.15, 0.2) is 85.1 Å². The van der Waals surface area contributed by atoms with Gasteiger partial charge < -0.3 is 28.8 Å². The molecule has 0 spiro atoms. The number of nitrogens with one attached hydrogen (secondary N) is 1. The molecule has 0 aliphatic heterocycles. The molecule has 0 aromatic rings. The van der Waals surface area contributed by atoms with Crippen molar-refractivity contribution >= 4 is 13.7 Å². The number of amides is 1. The fraction of sp³-hybridized carbons (Fsp3) is 0.667. The molecule has 0 saturated carbocycles. The highest BCUT2D eigenvalue weighted by Crippen LogP contribution is 2.38. The quantitative estimate of drug-likeness (QED) is 0.0284. The van der Waals surface area contributed by atoms with Crippen LogP contribution in [0.25, 0.3) is 0 Å². The molecule has 0 heterocycles. The summed E-state index contributed by atoms with van der Waals surface area (Å²) in [5, 5.41) is 13.5. The number of hydrogen-bond acceptors (Lipinski definition) is 6. The maximum absolute atomic E-state index is 12.7. The average Bonchev–Trinajstić information content (AvgIpc) is 3.12. The molecule has 8 nitrogen and oxygen atoms in total. The van der Waals surface area contributed by atoms with E-state index in [4.69, 9.17) is 9.05 Å². The lowest BCUT2D eigenvalue weighted by atomic mass is 10.1. The van der Waals surface area contributed by atoms with Gasteiger partial charge in [0, 0.05) is 6.42 Å². The summed E-state index contributed by atoms with van der Waals surface area (Å²) < 4.78 is 22.9. The van der Waals surface area contributed by atoms with Crippen LogP contribution in [-0.2, 0) is 18.4 Å². The van der Waals surface area contributed by atoms with Gasteiger partial charge in [0.15, 0.2) is 0 Å². The van der Waals surface area contributed by atoms with Gasteiger partial charge in [-0.3, -0.25) is 9.36 Å². The Kier molecular flexibility index (Phi) is 34.8. The smallest absolute Gasteiger partial charge is 0.268 e. The summed E-state index contributed by atoms with van der Waals surface area (Å²) in [6.07, 6.45) is 49.6. The predicted molar refractivity (Wildman–Crippen MR) is 228 cm³/mol.